The Labute approximate surface area is 277 Å². The molecule has 11 heteroatoms. The van der Waals surface area contributed by atoms with Gasteiger partial charge >= 0.3 is 0 Å². The first-order chi connectivity index (χ1) is 23.3. The van der Waals surface area contributed by atoms with Crippen molar-refractivity contribution in [2.75, 3.05) is 19.4 Å². The maximum Gasteiger partial charge on any atom is 0.263 e. The first-order valence-corrected chi connectivity index (χ1v) is 16.1. The van der Waals surface area contributed by atoms with Crippen LogP contribution < -0.4 is 15.6 Å². The van der Waals surface area contributed by atoms with Crippen molar-refractivity contribution < 1.29 is 13.9 Å². The van der Waals surface area contributed by atoms with E-state index in [4.69, 9.17) is 9.15 Å². The van der Waals surface area contributed by atoms with E-state index >= 15 is 0 Å². The largest absolute Gasteiger partial charge is 0.438 e. The summed E-state index contributed by atoms with van der Waals surface area (Å²) < 4.78 is 16.1. The number of carbonyl (C=O) groups is 1. The third-order valence-electron chi connectivity index (χ3n) is 8.65. The summed E-state index contributed by atoms with van der Waals surface area (Å²) >= 11 is 0. The number of aromatic nitrogens is 5. The van der Waals surface area contributed by atoms with E-state index in [9.17, 15) is 9.59 Å². The average Bonchev–Trinajstić information content (AvgIpc) is 3.70. The molecule has 4 aromatic heterocycles. The molecule has 1 N–H and O–H groups in total. The molecule has 0 bridgehead atoms. The predicted molar refractivity (Wildman–Crippen MR) is 184 cm³/mol. The Morgan fingerprint density at radius 1 is 1.02 bits per heavy atom. The topological polar surface area (TPSA) is 120 Å². The van der Waals surface area contributed by atoms with Crippen LogP contribution in [0.3, 0.4) is 0 Å². The van der Waals surface area contributed by atoms with E-state index in [1.807, 2.05) is 39.5 Å². The number of aryl methyl sites for hydroxylation is 1. The molecule has 7 rings (SSSR count). The monoisotopic (exact) mass is 643 g/mol. The first-order valence-electron chi connectivity index (χ1n) is 16.1. The van der Waals surface area contributed by atoms with Crippen LogP contribution in [0.5, 0.6) is 11.6 Å². The molecule has 1 saturated carbocycles. The zero-order chi connectivity index (χ0) is 33.2. The summed E-state index contributed by atoms with van der Waals surface area (Å²) in [7, 11) is 5.93. The molecule has 11 nitrogen and oxygen atoms in total. The van der Waals surface area contributed by atoms with Crippen molar-refractivity contribution in [3.05, 3.63) is 107 Å². The number of anilines is 1. The molecule has 0 radical (unpaired) electrons. The van der Waals surface area contributed by atoms with Crippen LogP contribution in [0.25, 0.3) is 33.6 Å². The number of hydrogen-bond donors (Lipinski definition) is 1. The fourth-order valence-electron chi connectivity index (χ4n) is 6.44. The SMILES string of the molecule is CN(C)Cc1cccc(-c2c(-c3cnn(C)c3)oc3ncnc(Oc4ccc(NC(=O)c5cccn(C6CCCCC6)c5=O)cc4)c23)c1. The lowest BCUT2D eigenvalue weighted by atomic mass is 9.95. The van der Waals surface area contributed by atoms with Gasteiger partial charge in [0.1, 0.15) is 28.8 Å². The molecule has 0 spiro atoms. The highest BCUT2D eigenvalue weighted by molar-refractivity contribution is 6.04. The van der Waals surface area contributed by atoms with Crippen LogP contribution in [0.1, 0.15) is 54.1 Å². The third-order valence-corrected chi connectivity index (χ3v) is 8.65. The molecule has 2 aromatic carbocycles. The second-order valence-electron chi connectivity index (χ2n) is 12.5. The molecule has 1 amide bonds. The quantitative estimate of drug-likeness (QED) is 0.178. The highest BCUT2D eigenvalue weighted by Gasteiger charge is 2.25. The number of rotatable bonds is 9. The number of amides is 1. The lowest BCUT2D eigenvalue weighted by Crippen LogP contribution is -2.31. The highest BCUT2D eigenvalue weighted by atomic mass is 16.5. The van der Waals surface area contributed by atoms with E-state index in [1.54, 1.807) is 58.0 Å². The average molecular weight is 644 g/mol. The van der Waals surface area contributed by atoms with Crippen molar-refractivity contribution in [1.29, 1.82) is 0 Å². The van der Waals surface area contributed by atoms with Crippen molar-refractivity contribution in [2.45, 2.75) is 44.7 Å². The van der Waals surface area contributed by atoms with Gasteiger partial charge in [0.25, 0.3) is 11.5 Å². The molecule has 244 valence electrons. The highest BCUT2D eigenvalue weighted by Crippen LogP contribution is 2.44. The number of fused-ring (bicyclic) bond motifs is 1. The maximum absolute atomic E-state index is 13.2. The van der Waals surface area contributed by atoms with Crippen LogP contribution in [0.2, 0.25) is 0 Å². The van der Waals surface area contributed by atoms with Crippen LogP contribution in [0.4, 0.5) is 5.69 Å². The van der Waals surface area contributed by atoms with Gasteiger partial charge in [0.05, 0.1) is 11.8 Å². The smallest absolute Gasteiger partial charge is 0.263 e. The van der Waals surface area contributed by atoms with Gasteiger partial charge < -0.3 is 23.9 Å². The van der Waals surface area contributed by atoms with Crippen molar-refractivity contribution >= 4 is 22.7 Å². The predicted octanol–water partition coefficient (Wildman–Crippen LogP) is 7.06. The molecular formula is C37H37N7O4. The summed E-state index contributed by atoms with van der Waals surface area (Å²) in [5, 5.41) is 7.85. The number of ether oxygens (including phenoxy) is 1. The molecule has 0 aliphatic heterocycles. The van der Waals surface area contributed by atoms with E-state index in [-0.39, 0.29) is 17.2 Å². The molecule has 4 heterocycles. The molecule has 48 heavy (non-hydrogen) atoms. The van der Waals surface area contributed by atoms with Crippen LogP contribution in [-0.4, -0.2) is 49.2 Å². The molecule has 1 aliphatic carbocycles. The van der Waals surface area contributed by atoms with Gasteiger partial charge in [0.15, 0.2) is 0 Å². The van der Waals surface area contributed by atoms with Crippen LogP contribution >= 0.6 is 0 Å². The van der Waals surface area contributed by atoms with Gasteiger partial charge in [0.2, 0.25) is 11.6 Å². The number of benzene rings is 2. The minimum atomic E-state index is -0.446. The maximum atomic E-state index is 13.2. The van der Waals surface area contributed by atoms with Crippen molar-refractivity contribution in [1.82, 2.24) is 29.2 Å². The fraction of sp³-hybridized carbons (Fsp3) is 0.270. The number of pyridine rings is 1. The fourth-order valence-corrected chi connectivity index (χ4v) is 6.44. The van der Waals surface area contributed by atoms with E-state index in [2.05, 4.69) is 37.4 Å². The summed E-state index contributed by atoms with van der Waals surface area (Å²) in [5.74, 6) is 1.01. The standard InChI is InChI=1S/C37H37N7O4/c1-42(2)21-24-9-7-10-25(19-24)31-32-35(38-23-39-36(32)48-33(31)26-20-40-43(3)22-26)47-29-16-14-27(15-17-29)41-34(45)30-13-8-18-44(37(30)46)28-11-5-4-6-12-28/h7-10,13-20,22-23,28H,4-6,11-12,21H2,1-3H3,(H,41,45). The van der Waals surface area contributed by atoms with Crippen LogP contribution in [0.15, 0.2) is 94.8 Å². The normalized spacial score (nSPS) is 13.7. The summed E-state index contributed by atoms with van der Waals surface area (Å²) in [6.45, 7) is 0.773. The summed E-state index contributed by atoms with van der Waals surface area (Å²) in [4.78, 5) is 37.5. The Morgan fingerprint density at radius 2 is 1.83 bits per heavy atom. The van der Waals surface area contributed by atoms with E-state index in [1.165, 1.54) is 12.7 Å². The minimum Gasteiger partial charge on any atom is -0.438 e. The number of nitrogens with zero attached hydrogens (tertiary/aromatic N) is 6. The number of carbonyl (C=O) groups excluding carboxylic acids is 1. The van der Waals surface area contributed by atoms with Crippen LogP contribution in [0, 0.1) is 0 Å². The zero-order valence-electron chi connectivity index (χ0n) is 27.2. The molecule has 1 aliphatic rings. The summed E-state index contributed by atoms with van der Waals surface area (Å²) in [6.07, 6.45) is 12.1. The lowest BCUT2D eigenvalue weighted by molar-refractivity contribution is 0.102. The number of furan rings is 1. The molecule has 6 aromatic rings. The first kappa shape index (κ1) is 31.1. The summed E-state index contributed by atoms with van der Waals surface area (Å²) in [6, 6.07) is 18.7. The Kier molecular flexibility index (Phi) is 8.60. The lowest BCUT2D eigenvalue weighted by Gasteiger charge is -2.24. The van der Waals surface area contributed by atoms with Gasteiger partial charge in [0, 0.05) is 43.3 Å². The van der Waals surface area contributed by atoms with Crippen molar-refractivity contribution in [2.24, 2.45) is 7.05 Å². The van der Waals surface area contributed by atoms with E-state index in [0.29, 0.717) is 34.2 Å². The summed E-state index contributed by atoms with van der Waals surface area (Å²) in [5.41, 5.74) is 4.48. The Balaban J connectivity index is 1.18. The van der Waals surface area contributed by atoms with Crippen molar-refractivity contribution in [3.8, 4) is 34.1 Å². The number of hydrogen-bond acceptors (Lipinski definition) is 8. The van der Waals surface area contributed by atoms with Crippen LogP contribution in [-0.2, 0) is 13.6 Å². The molecular weight excluding hydrogens is 606 g/mol. The van der Waals surface area contributed by atoms with Gasteiger partial charge in [-0.25, -0.2) is 9.97 Å². The Bertz CT molecular complexity index is 2140. The Morgan fingerprint density at radius 3 is 2.58 bits per heavy atom. The molecule has 0 unspecified atom stereocenters. The van der Waals surface area contributed by atoms with Gasteiger partial charge in [-0.1, -0.05) is 37.5 Å². The van der Waals surface area contributed by atoms with Gasteiger partial charge in [-0.05, 0) is 80.5 Å². The third kappa shape index (κ3) is 6.37. The second kappa shape index (κ2) is 13.3. The molecule has 0 saturated heterocycles. The minimum absolute atomic E-state index is 0.123. The number of nitrogens with one attached hydrogen (secondary N) is 1. The Hall–Kier alpha value is -5.55. The molecule has 0 atom stereocenters. The van der Waals surface area contributed by atoms with Gasteiger partial charge in [-0.15, -0.1) is 0 Å². The molecule has 1 fully saturated rings. The second-order valence-corrected chi connectivity index (χ2v) is 12.5. The van der Waals surface area contributed by atoms with Gasteiger partial charge in [-0.2, -0.15) is 5.10 Å². The zero-order valence-corrected chi connectivity index (χ0v) is 27.2. The van der Waals surface area contributed by atoms with E-state index < -0.39 is 5.91 Å². The van der Waals surface area contributed by atoms with Crippen molar-refractivity contribution in [3.63, 3.8) is 0 Å². The van der Waals surface area contributed by atoms with E-state index in [0.717, 1.165) is 54.5 Å². The van der Waals surface area contributed by atoms with Gasteiger partial charge in [-0.3, -0.25) is 14.3 Å².